The van der Waals surface area contributed by atoms with Crippen molar-refractivity contribution in [3.8, 4) is 78.5 Å². The van der Waals surface area contributed by atoms with E-state index in [-0.39, 0.29) is 21.1 Å². The Balaban J connectivity index is 0.000000110. The standard InChI is InChI=1S/2C24H15ClN2.C20H13ClN2.C13H8ClN3/c25-24-26-22-11-4-3-9-21(22)23(27-24)18-14-12-17(13-15-18)20-10-5-7-16-6-1-2-8-19(16)20;25-24-26-22-8-4-3-7-21(22)23(27-24)18-12-9-17(10-13-18)20-14-11-16-5-1-2-6-19(16)15-20;21-20-22-18-12-5-4-11-17(18)19(23-20)16-10-6-9-15(13-16)14-7-2-1-3-8-14;14-13-16-10-6-2-1-5-9(10)12(17-13)11-7-3-4-8-15-11/h2*1-15H;1-13H;1-8H. The number of fused-ring (bicyclic) bond motifs is 6. The highest BCUT2D eigenvalue weighted by Gasteiger charge is 2.15. The van der Waals surface area contributed by atoms with Crippen LogP contribution in [0.3, 0.4) is 0 Å². The van der Waals surface area contributed by atoms with Crippen LogP contribution in [0.4, 0.5) is 0 Å². The first-order valence-corrected chi connectivity index (χ1v) is 31.7. The summed E-state index contributed by atoms with van der Waals surface area (Å²) in [6, 6.07) is 103. The molecular formula is C81H51Cl4N9. The number of aromatic nitrogens is 9. The fourth-order valence-electron chi connectivity index (χ4n) is 11.5. The molecule has 17 aromatic rings. The third-order valence-corrected chi connectivity index (χ3v) is 16.6. The Morgan fingerprint density at radius 2 is 0.564 bits per heavy atom. The second-order valence-electron chi connectivity index (χ2n) is 21.8. The van der Waals surface area contributed by atoms with Crippen LogP contribution in [0.2, 0.25) is 21.1 Å². The van der Waals surface area contributed by atoms with Gasteiger partial charge in [-0.15, -0.1) is 0 Å². The average Bonchev–Trinajstić information content (AvgIpc) is 0.896. The molecule has 0 unspecified atom stereocenters. The van der Waals surface area contributed by atoms with Crippen molar-refractivity contribution in [2.24, 2.45) is 0 Å². The number of pyridine rings is 1. The molecule has 17 rings (SSSR count). The molecule has 0 spiro atoms. The fourth-order valence-corrected chi connectivity index (χ4v) is 12.2. The molecule has 5 heterocycles. The third kappa shape index (κ3) is 13.4. The van der Waals surface area contributed by atoms with Crippen LogP contribution in [0.1, 0.15) is 0 Å². The van der Waals surface area contributed by atoms with E-state index >= 15 is 0 Å². The predicted molar refractivity (Wildman–Crippen MR) is 389 cm³/mol. The molecule has 0 radical (unpaired) electrons. The molecule has 0 amide bonds. The molecule has 94 heavy (non-hydrogen) atoms. The molecule has 0 atom stereocenters. The van der Waals surface area contributed by atoms with E-state index in [4.69, 9.17) is 46.4 Å². The molecular weight excluding hydrogens is 1240 g/mol. The van der Waals surface area contributed by atoms with E-state index in [9.17, 15) is 0 Å². The van der Waals surface area contributed by atoms with Gasteiger partial charge in [0, 0.05) is 44.4 Å². The van der Waals surface area contributed by atoms with Crippen molar-refractivity contribution in [3.63, 3.8) is 0 Å². The highest BCUT2D eigenvalue weighted by molar-refractivity contribution is 6.30. The molecule has 0 bridgehead atoms. The van der Waals surface area contributed by atoms with Crippen molar-refractivity contribution in [1.82, 2.24) is 44.9 Å². The Bertz CT molecular complexity index is 5560. The minimum Gasteiger partial charge on any atom is -0.255 e. The van der Waals surface area contributed by atoms with Gasteiger partial charge in [-0.2, -0.15) is 0 Å². The van der Waals surface area contributed by atoms with E-state index in [0.717, 1.165) is 94.3 Å². The van der Waals surface area contributed by atoms with Gasteiger partial charge >= 0.3 is 0 Å². The lowest BCUT2D eigenvalue weighted by atomic mass is 9.96. The molecule has 448 valence electrons. The summed E-state index contributed by atoms with van der Waals surface area (Å²) in [6.45, 7) is 0. The predicted octanol–water partition coefficient (Wildman–Crippen LogP) is 22.5. The minimum atomic E-state index is 0.240. The lowest BCUT2D eigenvalue weighted by Crippen LogP contribution is -1.92. The Kier molecular flexibility index (Phi) is 17.8. The zero-order valence-corrected chi connectivity index (χ0v) is 53.0. The first-order chi connectivity index (χ1) is 46.2. The minimum absolute atomic E-state index is 0.240. The number of nitrogens with zero attached hydrogens (tertiary/aromatic N) is 9. The summed E-state index contributed by atoms with van der Waals surface area (Å²) >= 11 is 24.3. The Labute approximate surface area is 561 Å². The van der Waals surface area contributed by atoms with Crippen LogP contribution < -0.4 is 0 Å². The van der Waals surface area contributed by atoms with Gasteiger partial charge in [0.1, 0.15) is 5.69 Å². The fraction of sp³-hybridized carbons (Fsp3) is 0. The molecule has 0 aliphatic heterocycles. The molecule has 0 N–H and O–H groups in total. The topological polar surface area (TPSA) is 116 Å². The summed E-state index contributed by atoms with van der Waals surface area (Å²) in [4.78, 5) is 39.1. The van der Waals surface area contributed by atoms with Crippen molar-refractivity contribution in [3.05, 3.63) is 331 Å². The summed E-state index contributed by atoms with van der Waals surface area (Å²) in [5.41, 5.74) is 17.7. The van der Waals surface area contributed by atoms with Crippen molar-refractivity contribution in [2.45, 2.75) is 0 Å². The van der Waals surface area contributed by atoms with Gasteiger partial charge in [0.05, 0.1) is 44.8 Å². The summed E-state index contributed by atoms with van der Waals surface area (Å²) in [7, 11) is 0. The number of benzene rings is 12. The van der Waals surface area contributed by atoms with E-state index in [0.29, 0.717) is 0 Å². The quantitative estimate of drug-likeness (QED) is 0.144. The maximum absolute atomic E-state index is 6.14. The van der Waals surface area contributed by atoms with Gasteiger partial charge in [-0.1, -0.05) is 255 Å². The molecule has 0 saturated carbocycles. The number of halogens is 4. The largest absolute Gasteiger partial charge is 0.255 e. The van der Waals surface area contributed by atoms with E-state index in [2.05, 4.69) is 209 Å². The van der Waals surface area contributed by atoms with Gasteiger partial charge < -0.3 is 0 Å². The van der Waals surface area contributed by atoms with Gasteiger partial charge in [-0.3, -0.25) is 4.98 Å². The first-order valence-electron chi connectivity index (χ1n) is 30.2. The van der Waals surface area contributed by atoms with Crippen LogP contribution in [0.15, 0.2) is 310 Å². The Morgan fingerprint density at radius 1 is 0.202 bits per heavy atom. The monoisotopic (exact) mass is 1290 g/mol. The van der Waals surface area contributed by atoms with Gasteiger partial charge in [0.25, 0.3) is 0 Å². The second-order valence-corrected chi connectivity index (χ2v) is 23.2. The Hall–Kier alpha value is -11.2. The number of hydrogen-bond donors (Lipinski definition) is 0. The van der Waals surface area contributed by atoms with Crippen LogP contribution in [-0.2, 0) is 0 Å². The van der Waals surface area contributed by atoms with Crippen LogP contribution in [0.5, 0.6) is 0 Å². The smallest absolute Gasteiger partial charge is 0.223 e. The van der Waals surface area contributed by atoms with E-state index in [1.165, 1.54) is 49.4 Å². The van der Waals surface area contributed by atoms with Gasteiger partial charge in [-0.25, -0.2) is 39.9 Å². The normalized spacial score (nSPS) is 11.0. The van der Waals surface area contributed by atoms with Gasteiger partial charge in [-0.05, 0) is 150 Å². The molecule has 0 aliphatic rings. The van der Waals surface area contributed by atoms with Crippen molar-refractivity contribution >= 4 is 112 Å². The lowest BCUT2D eigenvalue weighted by molar-refractivity contribution is 1.20. The van der Waals surface area contributed by atoms with E-state index in [1.807, 2.05) is 140 Å². The number of para-hydroxylation sites is 4. The highest BCUT2D eigenvalue weighted by atomic mass is 35.5. The summed E-state index contributed by atoms with van der Waals surface area (Å²) in [5, 5.41) is 9.98. The van der Waals surface area contributed by atoms with Crippen molar-refractivity contribution in [1.29, 1.82) is 0 Å². The van der Waals surface area contributed by atoms with Crippen LogP contribution in [0, 0.1) is 0 Å². The summed E-state index contributed by atoms with van der Waals surface area (Å²) in [6.07, 6.45) is 1.74. The van der Waals surface area contributed by atoms with Gasteiger partial charge in [0.2, 0.25) is 21.1 Å². The second kappa shape index (κ2) is 27.7. The summed E-state index contributed by atoms with van der Waals surface area (Å²) in [5.74, 6) is 0. The SMILES string of the molecule is Clc1nc(-c2ccc(-c3ccc4ccccc4c3)cc2)c2ccccc2n1.Clc1nc(-c2ccc(-c3cccc4ccccc34)cc2)c2ccccc2n1.Clc1nc(-c2cccc(-c3ccccc3)c2)c2ccccc2n1.Clc1nc(-c2ccccn2)c2ccccc2n1. The van der Waals surface area contributed by atoms with E-state index in [1.54, 1.807) is 6.20 Å². The first kappa shape index (κ1) is 60.4. The molecule has 0 fully saturated rings. The third-order valence-electron chi connectivity index (χ3n) is 16.0. The highest BCUT2D eigenvalue weighted by Crippen LogP contribution is 2.36. The van der Waals surface area contributed by atoms with Crippen molar-refractivity contribution in [2.75, 3.05) is 0 Å². The molecule has 13 heteroatoms. The zero-order chi connectivity index (χ0) is 63.7. The van der Waals surface area contributed by atoms with Crippen LogP contribution in [-0.4, -0.2) is 44.9 Å². The number of rotatable bonds is 7. The van der Waals surface area contributed by atoms with Crippen LogP contribution in [0.25, 0.3) is 144 Å². The summed E-state index contributed by atoms with van der Waals surface area (Å²) < 4.78 is 0. The lowest BCUT2D eigenvalue weighted by Gasteiger charge is -2.09. The van der Waals surface area contributed by atoms with Gasteiger partial charge in [0.15, 0.2) is 0 Å². The van der Waals surface area contributed by atoms with Crippen molar-refractivity contribution < 1.29 is 0 Å². The van der Waals surface area contributed by atoms with E-state index < -0.39 is 0 Å². The molecule has 5 aromatic heterocycles. The maximum Gasteiger partial charge on any atom is 0.223 e. The molecule has 12 aromatic carbocycles. The average molecular weight is 1290 g/mol. The molecule has 0 saturated heterocycles. The molecule has 9 nitrogen and oxygen atoms in total. The Morgan fingerprint density at radius 3 is 1.11 bits per heavy atom. The number of hydrogen-bond acceptors (Lipinski definition) is 9. The maximum atomic E-state index is 6.14. The van der Waals surface area contributed by atoms with Crippen LogP contribution >= 0.6 is 46.4 Å². The zero-order valence-electron chi connectivity index (χ0n) is 50.0. The molecule has 0 aliphatic carbocycles.